The number of phenols is 1. The van der Waals surface area contributed by atoms with Gasteiger partial charge < -0.3 is 10.4 Å². The number of hydrogen-bond donors (Lipinski definition) is 2. The van der Waals surface area contributed by atoms with Crippen LogP contribution in [-0.2, 0) is 4.79 Å². The topological polar surface area (TPSA) is 49.3 Å². The Morgan fingerprint density at radius 1 is 1.22 bits per heavy atom. The fourth-order valence-corrected chi connectivity index (χ4v) is 1.80. The molecule has 3 nitrogen and oxygen atoms in total. The fourth-order valence-electron chi connectivity index (χ4n) is 1.80. The van der Waals surface area contributed by atoms with Gasteiger partial charge >= 0.3 is 0 Å². The molecule has 0 aromatic heterocycles. The number of carbonyl (C=O) groups is 1. The van der Waals surface area contributed by atoms with Crippen molar-refractivity contribution in [3.8, 4) is 5.75 Å². The molecule has 100 valence electrons. The van der Waals surface area contributed by atoms with E-state index in [0.29, 0.717) is 12.1 Å². The summed E-state index contributed by atoms with van der Waals surface area (Å²) in [7, 11) is 0. The van der Waals surface area contributed by atoms with Gasteiger partial charge in [0, 0.05) is 18.2 Å². The van der Waals surface area contributed by atoms with Crippen LogP contribution < -0.4 is 5.32 Å². The number of phenolic OH excluding ortho intramolecular Hbond substituents is 1. The van der Waals surface area contributed by atoms with E-state index in [-0.39, 0.29) is 11.7 Å². The van der Waals surface area contributed by atoms with Crippen LogP contribution in [0.15, 0.2) is 18.2 Å². The number of rotatable bonds is 7. The van der Waals surface area contributed by atoms with Crippen LogP contribution in [0.3, 0.4) is 0 Å². The number of unbranched alkanes of at least 4 members (excludes halogenated alkanes) is 4. The smallest absolute Gasteiger partial charge is 0.224 e. The normalized spacial score (nSPS) is 10.3. The zero-order chi connectivity index (χ0) is 13.4. The summed E-state index contributed by atoms with van der Waals surface area (Å²) in [6, 6.07) is 5.19. The van der Waals surface area contributed by atoms with Crippen molar-refractivity contribution >= 4 is 11.6 Å². The molecule has 0 saturated carbocycles. The molecule has 0 fully saturated rings. The molecule has 0 aliphatic carbocycles. The molecule has 0 unspecified atom stereocenters. The van der Waals surface area contributed by atoms with Crippen LogP contribution in [0.1, 0.15) is 51.0 Å². The summed E-state index contributed by atoms with van der Waals surface area (Å²) in [4.78, 5) is 11.6. The molecule has 0 saturated heterocycles. The van der Waals surface area contributed by atoms with Crippen LogP contribution in [0.25, 0.3) is 0 Å². The van der Waals surface area contributed by atoms with E-state index in [0.717, 1.165) is 18.4 Å². The number of hydrogen-bond acceptors (Lipinski definition) is 2. The molecule has 1 aromatic rings. The second-order valence-corrected chi connectivity index (χ2v) is 4.71. The van der Waals surface area contributed by atoms with Gasteiger partial charge in [-0.05, 0) is 25.0 Å². The van der Waals surface area contributed by atoms with Gasteiger partial charge in [-0.2, -0.15) is 0 Å². The number of amides is 1. The van der Waals surface area contributed by atoms with E-state index in [1.54, 1.807) is 12.1 Å². The number of aryl methyl sites for hydroxylation is 1. The first-order valence-corrected chi connectivity index (χ1v) is 6.73. The van der Waals surface area contributed by atoms with Gasteiger partial charge in [-0.3, -0.25) is 4.79 Å². The first-order valence-electron chi connectivity index (χ1n) is 6.73. The SMILES string of the molecule is CCCCCCCC(=O)Nc1ccc(C)c(O)c1. The number of benzene rings is 1. The van der Waals surface area contributed by atoms with Crippen LogP contribution in [0.4, 0.5) is 5.69 Å². The predicted molar refractivity (Wildman–Crippen MR) is 74.8 cm³/mol. The molecule has 0 radical (unpaired) electrons. The summed E-state index contributed by atoms with van der Waals surface area (Å²) in [5.41, 5.74) is 1.48. The van der Waals surface area contributed by atoms with E-state index >= 15 is 0 Å². The van der Waals surface area contributed by atoms with Crippen LogP contribution >= 0.6 is 0 Å². The molecule has 1 rings (SSSR count). The third-order valence-corrected chi connectivity index (χ3v) is 3.00. The first kappa shape index (κ1) is 14.6. The van der Waals surface area contributed by atoms with Gasteiger partial charge in [0.15, 0.2) is 0 Å². The summed E-state index contributed by atoms with van der Waals surface area (Å²) in [5, 5.41) is 12.3. The molecular weight excluding hydrogens is 226 g/mol. The van der Waals surface area contributed by atoms with E-state index in [4.69, 9.17) is 0 Å². The standard InChI is InChI=1S/C15H23NO2/c1-3-4-5-6-7-8-15(18)16-13-10-9-12(2)14(17)11-13/h9-11,17H,3-8H2,1-2H3,(H,16,18). The fraction of sp³-hybridized carbons (Fsp3) is 0.533. The lowest BCUT2D eigenvalue weighted by atomic mass is 10.1. The molecule has 0 aliphatic heterocycles. The number of carbonyl (C=O) groups excluding carboxylic acids is 1. The number of aromatic hydroxyl groups is 1. The van der Waals surface area contributed by atoms with Crippen LogP contribution in [0.5, 0.6) is 5.75 Å². The summed E-state index contributed by atoms with van der Waals surface area (Å²) in [6.45, 7) is 4.01. The summed E-state index contributed by atoms with van der Waals surface area (Å²) in [5.74, 6) is 0.241. The van der Waals surface area contributed by atoms with Crippen molar-refractivity contribution in [1.29, 1.82) is 0 Å². The summed E-state index contributed by atoms with van der Waals surface area (Å²) in [6.07, 6.45) is 6.26. The quantitative estimate of drug-likeness (QED) is 0.717. The molecule has 0 aliphatic rings. The monoisotopic (exact) mass is 249 g/mol. The molecule has 1 aromatic carbocycles. The molecule has 18 heavy (non-hydrogen) atoms. The van der Waals surface area contributed by atoms with Crippen molar-refractivity contribution in [3.05, 3.63) is 23.8 Å². The van der Waals surface area contributed by atoms with Gasteiger partial charge in [-0.25, -0.2) is 0 Å². The van der Waals surface area contributed by atoms with Crippen LogP contribution in [0.2, 0.25) is 0 Å². The lowest BCUT2D eigenvalue weighted by Crippen LogP contribution is -2.10. The van der Waals surface area contributed by atoms with Crippen LogP contribution in [-0.4, -0.2) is 11.0 Å². The van der Waals surface area contributed by atoms with E-state index < -0.39 is 0 Å². The highest BCUT2D eigenvalue weighted by Gasteiger charge is 2.03. The van der Waals surface area contributed by atoms with Crippen molar-refractivity contribution in [3.63, 3.8) is 0 Å². The minimum absolute atomic E-state index is 0.0229. The zero-order valence-corrected chi connectivity index (χ0v) is 11.3. The molecule has 1 amide bonds. The first-order chi connectivity index (χ1) is 8.63. The largest absolute Gasteiger partial charge is 0.508 e. The highest BCUT2D eigenvalue weighted by Crippen LogP contribution is 2.21. The third kappa shape index (κ3) is 5.21. The molecule has 0 heterocycles. The maximum Gasteiger partial charge on any atom is 0.224 e. The van der Waals surface area contributed by atoms with Crippen molar-refractivity contribution in [2.45, 2.75) is 52.4 Å². The van der Waals surface area contributed by atoms with Gasteiger partial charge in [0.05, 0.1) is 0 Å². The van der Waals surface area contributed by atoms with Crippen LogP contribution in [0, 0.1) is 6.92 Å². The Labute approximate surface area is 109 Å². The minimum Gasteiger partial charge on any atom is -0.508 e. The predicted octanol–water partition coefficient (Wildman–Crippen LogP) is 4.00. The van der Waals surface area contributed by atoms with Crippen molar-refractivity contribution < 1.29 is 9.90 Å². The van der Waals surface area contributed by atoms with E-state index in [1.807, 2.05) is 13.0 Å². The highest BCUT2D eigenvalue weighted by molar-refractivity contribution is 5.90. The van der Waals surface area contributed by atoms with Crippen molar-refractivity contribution in [2.24, 2.45) is 0 Å². The Morgan fingerprint density at radius 3 is 2.61 bits per heavy atom. The second-order valence-electron chi connectivity index (χ2n) is 4.71. The Morgan fingerprint density at radius 2 is 1.94 bits per heavy atom. The third-order valence-electron chi connectivity index (χ3n) is 3.00. The molecular formula is C15H23NO2. The Hall–Kier alpha value is -1.51. The molecule has 0 spiro atoms. The summed E-state index contributed by atoms with van der Waals surface area (Å²) >= 11 is 0. The summed E-state index contributed by atoms with van der Waals surface area (Å²) < 4.78 is 0. The van der Waals surface area contributed by atoms with E-state index in [1.165, 1.54) is 19.3 Å². The van der Waals surface area contributed by atoms with Gasteiger partial charge in [0.1, 0.15) is 5.75 Å². The van der Waals surface area contributed by atoms with Crippen molar-refractivity contribution in [2.75, 3.05) is 5.32 Å². The van der Waals surface area contributed by atoms with E-state index in [2.05, 4.69) is 12.2 Å². The average molecular weight is 249 g/mol. The zero-order valence-electron chi connectivity index (χ0n) is 11.3. The highest BCUT2D eigenvalue weighted by atomic mass is 16.3. The Balaban J connectivity index is 2.29. The number of nitrogens with one attached hydrogen (secondary N) is 1. The second kappa shape index (κ2) is 7.75. The lowest BCUT2D eigenvalue weighted by Gasteiger charge is -2.06. The Bertz CT molecular complexity index is 388. The van der Waals surface area contributed by atoms with Gasteiger partial charge in [-0.1, -0.05) is 38.7 Å². The molecule has 3 heteroatoms. The van der Waals surface area contributed by atoms with Gasteiger partial charge in [0.25, 0.3) is 0 Å². The van der Waals surface area contributed by atoms with Gasteiger partial charge in [0.2, 0.25) is 5.91 Å². The number of anilines is 1. The molecule has 0 atom stereocenters. The van der Waals surface area contributed by atoms with E-state index in [9.17, 15) is 9.90 Å². The maximum atomic E-state index is 11.6. The minimum atomic E-state index is 0.0229. The Kier molecular flexibility index (Phi) is 6.26. The molecule has 0 bridgehead atoms. The average Bonchev–Trinajstić information content (AvgIpc) is 2.34. The van der Waals surface area contributed by atoms with Gasteiger partial charge in [-0.15, -0.1) is 0 Å². The molecule has 2 N–H and O–H groups in total. The van der Waals surface area contributed by atoms with Crippen molar-refractivity contribution in [1.82, 2.24) is 0 Å². The lowest BCUT2D eigenvalue weighted by molar-refractivity contribution is -0.116. The maximum absolute atomic E-state index is 11.6.